The largest absolute Gasteiger partial charge is 0.366 e. The molecular weight excluding hydrogens is 368 g/mol. The molecule has 3 aromatic rings. The van der Waals surface area contributed by atoms with Crippen LogP contribution in [0.15, 0.2) is 58.1 Å². The van der Waals surface area contributed by atoms with Crippen LogP contribution >= 0.6 is 0 Å². The van der Waals surface area contributed by atoms with Gasteiger partial charge in [-0.2, -0.15) is 9.29 Å². The Bertz CT molecular complexity index is 1020. The summed E-state index contributed by atoms with van der Waals surface area (Å²) in [6.45, 7) is 2.54. The molecule has 4 rings (SSSR count). The van der Waals surface area contributed by atoms with Crippen molar-refractivity contribution in [2.75, 3.05) is 19.7 Å². The highest BCUT2D eigenvalue weighted by molar-refractivity contribution is 7.89. The lowest BCUT2D eigenvalue weighted by atomic mass is 10.2. The van der Waals surface area contributed by atoms with Crippen molar-refractivity contribution in [3.05, 3.63) is 60.1 Å². The Kier molecular flexibility index (Phi) is 4.73. The maximum Gasteiger partial charge on any atom is 0.257 e. The molecule has 8 nitrogen and oxygen atoms in total. The van der Waals surface area contributed by atoms with Crippen molar-refractivity contribution in [2.24, 2.45) is 0 Å². The van der Waals surface area contributed by atoms with Crippen molar-refractivity contribution in [1.82, 2.24) is 19.4 Å². The van der Waals surface area contributed by atoms with E-state index in [-0.39, 0.29) is 30.5 Å². The summed E-state index contributed by atoms with van der Waals surface area (Å²) in [5, 5.41) is 3.92. The van der Waals surface area contributed by atoms with Gasteiger partial charge in [-0.05, 0) is 31.2 Å². The molecule has 27 heavy (non-hydrogen) atoms. The first-order valence-electron chi connectivity index (χ1n) is 8.47. The molecule has 0 saturated carbocycles. The van der Waals surface area contributed by atoms with Crippen LogP contribution < -0.4 is 0 Å². The molecule has 0 amide bonds. The molecule has 0 N–H and O–H groups in total. The van der Waals surface area contributed by atoms with Gasteiger partial charge in [-0.15, -0.1) is 0 Å². The molecular formula is C18H18N4O4S. The van der Waals surface area contributed by atoms with Crippen molar-refractivity contribution in [1.29, 1.82) is 0 Å². The molecule has 0 unspecified atom stereocenters. The Morgan fingerprint density at radius 2 is 1.96 bits per heavy atom. The van der Waals surface area contributed by atoms with E-state index >= 15 is 0 Å². The van der Waals surface area contributed by atoms with Gasteiger partial charge < -0.3 is 9.26 Å². The number of ether oxygens (including phenoxy) is 1. The van der Waals surface area contributed by atoms with Gasteiger partial charge >= 0.3 is 0 Å². The molecule has 140 valence electrons. The number of hydrogen-bond acceptors (Lipinski definition) is 7. The van der Waals surface area contributed by atoms with Gasteiger partial charge in [0.2, 0.25) is 15.8 Å². The average Bonchev–Trinajstić information content (AvgIpc) is 3.19. The van der Waals surface area contributed by atoms with Crippen LogP contribution in [0.1, 0.15) is 17.6 Å². The minimum atomic E-state index is -3.61. The van der Waals surface area contributed by atoms with Crippen LogP contribution in [0.4, 0.5) is 0 Å². The predicted octanol–water partition coefficient (Wildman–Crippen LogP) is 2.20. The number of sulfonamides is 1. The second-order valence-electron chi connectivity index (χ2n) is 6.21. The number of hydrogen-bond donors (Lipinski definition) is 0. The lowest BCUT2D eigenvalue weighted by Gasteiger charge is -2.30. The molecule has 1 atom stereocenters. The van der Waals surface area contributed by atoms with Crippen LogP contribution in [0.2, 0.25) is 0 Å². The van der Waals surface area contributed by atoms with E-state index < -0.39 is 16.1 Å². The maximum absolute atomic E-state index is 12.9. The van der Waals surface area contributed by atoms with Crippen molar-refractivity contribution in [3.8, 4) is 11.5 Å². The Morgan fingerprint density at radius 3 is 2.70 bits per heavy atom. The quantitative estimate of drug-likeness (QED) is 0.678. The van der Waals surface area contributed by atoms with Crippen LogP contribution in [-0.4, -0.2) is 47.5 Å². The van der Waals surface area contributed by atoms with E-state index in [1.54, 1.807) is 42.6 Å². The second-order valence-corrected chi connectivity index (χ2v) is 8.14. The van der Waals surface area contributed by atoms with Crippen molar-refractivity contribution in [2.45, 2.75) is 17.9 Å². The van der Waals surface area contributed by atoms with E-state index in [9.17, 15) is 8.42 Å². The smallest absolute Gasteiger partial charge is 0.257 e. The summed E-state index contributed by atoms with van der Waals surface area (Å²) in [7, 11) is -3.61. The fraction of sp³-hybridized carbons (Fsp3) is 0.278. The topological polar surface area (TPSA) is 98.4 Å². The van der Waals surface area contributed by atoms with Gasteiger partial charge in [-0.25, -0.2) is 8.42 Å². The molecule has 1 aromatic carbocycles. The highest BCUT2D eigenvalue weighted by atomic mass is 32.2. The summed E-state index contributed by atoms with van der Waals surface area (Å²) >= 11 is 0. The minimum absolute atomic E-state index is 0.111. The first-order chi connectivity index (χ1) is 13.0. The fourth-order valence-electron chi connectivity index (χ4n) is 2.82. The van der Waals surface area contributed by atoms with E-state index in [0.717, 1.165) is 5.56 Å². The molecule has 1 saturated heterocycles. The van der Waals surface area contributed by atoms with E-state index in [1.165, 1.54) is 4.31 Å². The third kappa shape index (κ3) is 3.61. The summed E-state index contributed by atoms with van der Waals surface area (Å²) < 4.78 is 38.1. The monoisotopic (exact) mass is 386 g/mol. The van der Waals surface area contributed by atoms with Crippen LogP contribution in [0.3, 0.4) is 0 Å². The van der Waals surface area contributed by atoms with Crippen LogP contribution in [0.5, 0.6) is 0 Å². The van der Waals surface area contributed by atoms with Gasteiger partial charge in [-0.3, -0.25) is 4.98 Å². The molecule has 2 aromatic heterocycles. The molecule has 9 heteroatoms. The predicted molar refractivity (Wildman–Crippen MR) is 96.2 cm³/mol. The molecule has 0 aliphatic carbocycles. The third-order valence-electron chi connectivity index (χ3n) is 4.30. The van der Waals surface area contributed by atoms with Gasteiger partial charge in [0.1, 0.15) is 5.69 Å². The number of rotatable bonds is 4. The van der Waals surface area contributed by atoms with E-state index in [1.807, 2.05) is 13.0 Å². The number of aromatic nitrogens is 3. The van der Waals surface area contributed by atoms with Gasteiger partial charge in [0.15, 0.2) is 6.10 Å². The Balaban J connectivity index is 1.55. The first kappa shape index (κ1) is 17.8. The minimum Gasteiger partial charge on any atom is -0.366 e. The van der Waals surface area contributed by atoms with Crippen molar-refractivity contribution >= 4 is 10.0 Å². The SMILES string of the molecule is Cc1ccc(S(=O)(=O)N2CCO[C@@H](c3nc(-c4ccccn4)no3)C2)cc1. The molecule has 3 heterocycles. The summed E-state index contributed by atoms with van der Waals surface area (Å²) in [4.78, 5) is 8.75. The molecule has 1 aliphatic rings. The number of aryl methyl sites for hydroxylation is 1. The van der Waals surface area contributed by atoms with Crippen LogP contribution in [-0.2, 0) is 14.8 Å². The van der Waals surface area contributed by atoms with Crippen LogP contribution in [0.25, 0.3) is 11.5 Å². The van der Waals surface area contributed by atoms with E-state index in [2.05, 4.69) is 15.1 Å². The molecule has 1 aliphatic heterocycles. The Hall–Kier alpha value is -2.62. The molecule has 0 spiro atoms. The van der Waals surface area contributed by atoms with E-state index in [4.69, 9.17) is 9.26 Å². The highest BCUT2D eigenvalue weighted by Gasteiger charge is 2.34. The lowest BCUT2D eigenvalue weighted by molar-refractivity contribution is -0.0199. The summed E-state index contributed by atoms with van der Waals surface area (Å²) in [6, 6.07) is 12.2. The van der Waals surface area contributed by atoms with Gasteiger partial charge in [0.05, 0.1) is 11.5 Å². The molecule has 0 radical (unpaired) electrons. The normalized spacial score (nSPS) is 18.5. The second kappa shape index (κ2) is 7.18. The molecule has 0 bridgehead atoms. The number of nitrogens with zero attached hydrogens (tertiary/aromatic N) is 4. The fourth-order valence-corrected chi connectivity index (χ4v) is 4.24. The van der Waals surface area contributed by atoms with Crippen LogP contribution in [0, 0.1) is 6.92 Å². The zero-order valence-electron chi connectivity index (χ0n) is 14.6. The molecule has 1 fully saturated rings. The highest BCUT2D eigenvalue weighted by Crippen LogP contribution is 2.27. The third-order valence-corrected chi connectivity index (χ3v) is 6.18. The summed E-state index contributed by atoms with van der Waals surface area (Å²) in [5.74, 6) is 0.576. The Labute approximate surface area is 156 Å². The lowest BCUT2D eigenvalue weighted by Crippen LogP contribution is -2.42. The summed E-state index contributed by atoms with van der Waals surface area (Å²) in [5.41, 5.74) is 1.58. The Morgan fingerprint density at radius 1 is 1.15 bits per heavy atom. The number of morpholine rings is 1. The number of pyridine rings is 1. The van der Waals surface area contributed by atoms with Gasteiger partial charge in [0, 0.05) is 19.3 Å². The van der Waals surface area contributed by atoms with Crippen molar-refractivity contribution < 1.29 is 17.7 Å². The van der Waals surface area contributed by atoms with E-state index in [0.29, 0.717) is 11.5 Å². The van der Waals surface area contributed by atoms with Gasteiger partial charge in [0.25, 0.3) is 5.89 Å². The average molecular weight is 386 g/mol. The number of benzene rings is 1. The van der Waals surface area contributed by atoms with Crippen molar-refractivity contribution in [3.63, 3.8) is 0 Å². The maximum atomic E-state index is 12.9. The summed E-state index contributed by atoms with van der Waals surface area (Å²) in [6.07, 6.45) is 1.02. The van der Waals surface area contributed by atoms with Gasteiger partial charge in [-0.1, -0.05) is 28.9 Å². The zero-order chi connectivity index (χ0) is 18.9. The standard InChI is InChI=1S/C18H18N4O4S/c1-13-5-7-14(8-6-13)27(23,24)22-10-11-25-16(12-22)18-20-17(21-26-18)15-4-2-3-9-19-15/h2-9,16H,10-12H2,1H3/t16-/m1/s1. The zero-order valence-corrected chi connectivity index (χ0v) is 15.5. The first-order valence-corrected chi connectivity index (χ1v) is 9.91.